The van der Waals surface area contributed by atoms with Gasteiger partial charge in [-0.2, -0.15) is 0 Å². The van der Waals surface area contributed by atoms with E-state index in [4.69, 9.17) is 0 Å². The molecule has 0 atom stereocenters. The molecule has 0 unspecified atom stereocenters. The van der Waals surface area contributed by atoms with Crippen molar-refractivity contribution in [1.29, 1.82) is 0 Å². The van der Waals surface area contributed by atoms with Crippen molar-refractivity contribution in [2.45, 2.75) is 6.54 Å². The number of anilines is 1. The fourth-order valence-corrected chi connectivity index (χ4v) is 1.91. The van der Waals surface area contributed by atoms with Crippen LogP contribution in [0.3, 0.4) is 0 Å². The summed E-state index contributed by atoms with van der Waals surface area (Å²) in [6.45, 7) is 0.824. The Morgan fingerprint density at radius 1 is 1.00 bits per heavy atom. The molecule has 0 bridgehead atoms. The van der Waals surface area contributed by atoms with Gasteiger partial charge in [0, 0.05) is 29.8 Å². The molecule has 0 amide bonds. The van der Waals surface area contributed by atoms with Gasteiger partial charge in [0.15, 0.2) is 0 Å². The van der Waals surface area contributed by atoms with Gasteiger partial charge in [0.05, 0.1) is 0 Å². The maximum absolute atomic E-state index is 3.34. The topological polar surface area (TPSA) is 43.6 Å². The minimum atomic E-state index is 0.824. The van der Waals surface area contributed by atoms with E-state index in [1.165, 1.54) is 16.5 Å². The van der Waals surface area contributed by atoms with Crippen molar-refractivity contribution in [3.05, 3.63) is 54.4 Å². The van der Waals surface area contributed by atoms with Crippen molar-refractivity contribution < 1.29 is 0 Å². The molecule has 3 heteroatoms. The van der Waals surface area contributed by atoms with Gasteiger partial charge in [-0.3, -0.25) is 0 Å². The summed E-state index contributed by atoms with van der Waals surface area (Å²) in [6, 6.07) is 12.3. The van der Waals surface area contributed by atoms with Crippen LogP contribution in [0.25, 0.3) is 10.9 Å². The number of fused-ring (bicyclic) bond motifs is 1. The Labute approximate surface area is 93.5 Å². The Kier molecular flexibility index (Phi) is 2.14. The maximum Gasteiger partial charge on any atom is 0.103 e. The molecule has 1 aromatic carbocycles. The number of para-hydroxylation sites is 1. The van der Waals surface area contributed by atoms with Crippen molar-refractivity contribution in [3.8, 4) is 0 Å². The van der Waals surface area contributed by atoms with E-state index in [0.717, 1.165) is 12.4 Å². The predicted octanol–water partition coefficient (Wildman–Crippen LogP) is 3.11. The van der Waals surface area contributed by atoms with Crippen molar-refractivity contribution in [1.82, 2.24) is 9.97 Å². The lowest BCUT2D eigenvalue weighted by atomic mass is 10.2. The Morgan fingerprint density at radius 3 is 2.81 bits per heavy atom. The number of hydrogen-bond acceptors (Lipinski definition) is 1. The molecule has 0 spiro atoms. The summed E-state index contributed by atoms with van der Waals surface area (Å²) in [6.07, 6.45) is 3.97. The molecule has 0 fully saturated rings. The van der Waals surface area contributed by atoms with Gasteiger partial charge in [0.1, 0.15) is 5.82 Å². The number of aromatic nitrogens is 2. The van der Waals surface area contributed by atoms with Crippen molar-refractivity contribution in [2.24, 2.45) is 0 Å². The monoisotopic (exact) mass is 211 g/mol. The van der Waals surface area contributed by atoms with E-state index >= 15 is 0 Å². The summed E-state index contributed by atoms with van der Waals surface area (Å²) in [5, 5.41) is 4.62. The van der Waals surface area contributed by atoms with Gasteiger partial charge in [0.2, 0.25) is 0 Å². The van der Waals surface area contributed by atoms with E-state index in [2.05, 4.69) is 39.7 Å². The van der Waals surface area contributed by atoms with Crippen LogP contribution >= 0.6 is 0 Å². The number of rotatable bonds is 3. The SMILES string of the molecule is c1c[nH]c(NCc2c[nH]c3ccccc23)c1. The average Bonchev–Trinajstić information content (AvgIpc) is 2.96. The lowest BCUT2D eigenvalue weighted by Gasteiger charge is -2.02. The van der Waals surface area contributed by atoms with Crippen LogP contribution in [0.1, 0.15) is 5.56 Å². The van der Waals surface area contributed by atoms with E-state index in [-0.39, 0.29) is 0 Å². The van der Waals surface area contributed by atoms with Gasteiger partial charge in [-0.1, -0.05) is 18.2 Å². The zero-order valence-electron chi connectivity index (χ0n) is 8.83. The lowest BCUT2D eigenvalue weighted by Crippen LogP contribution is -1.98. The first kappa shape index (κ1) is 9.09. The highest BCUT2D eigenvalue weighted by atomic mass is 15.0. The highest BCUT2D eigenvalue weighted by molar-refractivity contribution is 5.83. The molecule has 0 saturated heterocycles. The fraction of sp³-hybridized carbons (Fsp3) is 0.0769. The minimum absolute atomic E-state index is 0.824. The molecule has 0 aliphatic carbocycles. The number of benzene rings is 1. The molecule has 16 heavy (non-hydrogen) atoms. The molecule has 2 aromatic heterocycles. The number of aromatic amines is 2. The van der Waals surface area contributed by atoms with Gasteiger partial charge in [-0.05, 0) is 23.8 Å². The van der Waals surface area contributed by atoms with E-state index in [1.54, 1.807) is 0 Å². The summed E-state index contributed by atoms with van der Waals surface area (Å²) in [5.74, 6) is 1.05. The summed E-state index contributed by atoms with van der Waals surface area (Å²) < 4.78 is 0. The molecule has 3 nitrogen and oxygen atoms in total. The van der Waals surface area contributed by atoms with Crippen LogP contribution in [0.2, 0.25) is 0 Å². The predicted molar refractivity (Wildman–Crippen MR) is 66.4 cm³/mol. The zero-order valence-corrected chi connectivity index (χ0v) is 8.83. The largest absolute Gasteiger partial charge is 0.367 e. The second-order valence-electron chi connectivity index (χ2n) is 3.80. The van der Waals surface area contributed by atoms with Crippen LogP contribution in [0.15, 0.2) is 48.8 Å². The molecule has 0 radical (unpaired) electrons. The normalized spacial score (nSPS) is 10.8. The third kappa shape index (κ3) is 1.56. The third-order valence-electron chi connectivity index (χ3n) is 2.74. The first-order valence-corrected chi connectivity index (χ1v) is 5.36. The highest BCUT2D eigenvalue weighted by Gasteiger charge is 2.02. The van der Waals surface area contributed by atoms with Gasteiger partial charge in [-0.25, -0.2) is 0 Å². The van der Waals surface area contributed by atoms with Gasteiger partial charge < -0.3 is 15.3 Å². The summed E-state index contributed by atoms with van der Waals surface area (Å²) in [7, 11) is 0. The number of nitrogens with one attached hydrogen (secondary N) is 3. The summed E-state index contributed by atoms with van der Waals surface area (Å²) in [5.41, 5.74) is 2.47. The summed E-state index contributed by atoms with van der Waals surface area (Å²) in [4.78, 5) is 6.39. The van der Waals surface area contributed by atoms with Crippen LogP contribution < -0.4 is 5.32 Å². The minimum Gasteiger partial charge on any atom is -0.367 e. The highest BCUT2D eigenvalue weighted by Crippen LogP contribution is 2.18. The number of H-pyrrole nitrogens is 2. The first-order valence-electron chi connectivity index (χ1n) is 5.36. The quantitative estimate of drug-likeness (QED) is 0.612. The van der Waals surface area contributed by atoms with Crippen LogP contribution in [0.5, 0.6) is 0 Å². The average molecular weight is 211 g/mol. The number of hydrogen-bond donors (Lipinski definition) is 3. The Morgan fingerprint density at radius 2 is 1.94 bits per heavy atom. The standard InChI is InChI=1S/C13H13N3/c1-2-5-12-11(4-1)10(8-15-12)9-16-13-6-3-7-14-13/h1-8,14-16H,9H2. The molecule has 3 aromatic rings. The second-order valence-corrected chi connectivity index (χ2v) is 3.80. The fourth-order valence-electron chi connectivity index (χ4n) is 1.91. The van der Waals surface area contributed by atoms with Crippen molar-refractivity contribution in [3.63, 3.8) is 0 Å². The molecule has 3 N–H and O–H groups in total. The molecule has 0 aliphatic rings. The molecule has 3 rings (SSSR count). The van der Waals surface area contributed by atoms with Crippen LogP contribution in [-0.4, -0.2) is 9.97 Å². The first-order chi connectivity index (χ1) is 7.93. The molecule has 2 heterocycles. The van der Waals surface area contributed by atoms with Gasteiger partial charge in [0.25, 0.3) is 0 Å². The van der Waals surface area contributed by atoms with E-state index in [9.17, 15) is 0 Å². The summed E-state index contributed by atoms with van der Waals surface area (Å²) >= 11 is 0. The molecule has 0 saturated carbocycles. The van der Waals surface area contributed by atoms with Gasteiger partial charge in [-0.15, -0.1) is 0 Å². The third-order valence-corrected chi connectivity index (χ3v) is 2.74. The second kappa shape index (κ2) is 3.77. The lowest BCUT2D eigenvalue weighted by molar-refractivity contribution is 1.14. The maximum atomic E-state index is 3.34. The molecular formula is C13H13N3. The molecule has 80 valence electrons. The van der Waals surface area contributed by atoms with Crippen molar-refractivity contribution >= 4 is 16.7 Å². The molecule has 0 aliphatic heterocycles. The Balaban J connectivity index is 1.84. The Bertz CT molecular complexity index is 578. The van der Waals surface area contributed by atoms with E-state index in [0.29, 0.717) is 0 Å². The smallest absolute Gasteiger partial charge is 0.103 e. The zero-order chi connectivity index (χ0) is 10.8. The Hall–Kier alpha value is -2.16. The molecular weight excluding hydrogens is 198 g/mol. The van der Waals surface area contributed by atoms with Crippen LogP contribution in [0, 0.1) is 0 Å². The van der Waals surface area contributed by atoms with Crippen LogP contribution in [-0.2, 0) is 6.54 Å². The van der Waals surface area contributed by atoms with E-state index in [1.807, 2.05) is 24.4 Å². The van der Waals surface area contributed by atoms with Crippen molar-refractivity contribution in [2.75, 3.05) is 5.32 Å². The van der Waals surface area contributed by atoms with E-state index < -0.39 is 0 Å². The van der Waals surface area contributed by atoms with Crippen LogP contribution in [0.4, 0.5) is 5.82 Å². The van der Waals surface area contributed by atoms with Gasteiger partial charge >= 0.3 is 0 Å².